The zero-order valence-corrected chi connectivity index (χ0v) is 16.6. The molecule has 1 aliphatic heterocycles. The van der Waals surface area contributed by atoms with Gasteiger partial charge >= 0.3 is 0 Å². The number of aliphatic hydroxyl groups is 3. The Bertz CT molecular complexity index is 999. The van der Waals surface area contributed by atoms with Gasteiger partial charge in [0.25, 0.3) is 0 Å². The van der Waals surface area contributed by atoms with Gasteiger partial charge in [-0.2, -0.15) is 0 Å². The van der Waals surface area contributed by atoms with Crippen LogP contribution < -0.4 is 5.32 Å². The Morgan fingerprint density at radius 1 is 1.18 bits per heavy atom. The maximum atomic E-state index is 10.2. The van der Waals surface area contributed by atoms with Crippen molar-refractivity contribution < 1.29 is 25.2 Å². The van der Waals surface area contributed by atoms with Crippen LogP contribution in [0.4, 0.5) is 5.82 Å². The molecule has 0 unspecified atom stereocenters. The second kappa shape index (κ2) is 7.75. The van der Waals surface area contributed by atoms with Crippen molar-refractivity contribution >= 4 is 39.6 Å². The van der Waals surface area contributed by atoms with E-state index in [9.17, 15) is 20.4 Å². The van der Waals surface area contributed by atoms with E-state index in [0.29, 0.717) is 29.1 Å². The van der Waals surface area contributed by atoms with Crippen LogP contribution in [-0.2, 0) is 11.3 Å². The van der Waals surface area contributed by atoms with E-state index in [1.165, 1.54) is 17.2 Å². The molecule has 3 heterocycles. The molecule has 0 spiro atoms. The highest BCUT2D eigenvalue weighted by Gasteiger charge is 2.44. The van der Waals surface area contributed by atoms with Crippen molar-refractivity contribution in [3.63, 3.8) is 0 Å². The molecule has 28 heavy (non-hydrogen) atoms. The Kier molecular flexibility index (Phi) is 5.33. The largest absolute Gasteiger partial charge is 0.508 e. The van der Waals surface area contributed by atoms with E-state index >= 15 is 0 Å². The highest BCUT2D eigenvalue weighted by atomic mass is 127. The van der Waals surface area contributed by atoms with Crippen molar-refractivity contribution in [2.75, 3.05) is 11.9 Å². The van der Waals surface area contributed by atoms with Gasteiger partial charge in [-0.1, -0.05) is 6.07 Å². The monoisotopic (exact) mass is 499 g/mol. The number of halogens is 1. The summed E-state index contributed by atoms with van der Waals surface area (Å²) in [6.07, 6.45) is -1.48. The second-order valence-corrected chi connectivity index (χ2v) is 7.65. The Morgan fingerprint density at radius 2 is 2.00 bits per heavy atom. The fraction of sp³-hybridized carbons (Fsp3) is 0.353. The third kappa shape index (κ3) is 3.39. The van der Waals surface area contributed by atoms with Gasteiger partial charge < -0.3 is 30.5 Å². The molecular formula is C17H18IN5O5. The molecule has 0 bridgehead atoms. The van der Waals surface area contributed by atoms with Crippen molar-refractivity contribution in [3.05, 3.63) is 40.0 Å². The fourth-order valence-electron chi connectivity index (χ4n) is 3.14. The van der Waals surface area contributed by atoms with Crippen LogP contribution in [0.25, 0.3) is 11.2 Å². The molecule has 1 aromatic carbocycles. The Hall–Kier alpha value is -2.06. The van der Waals surface area contributed by atoms with Gasteiger partial charge in [0.2, 0.25) is 0 Å². The molecule has 0 saturated carbocycles. The summed E-state index contributed by atoms with van der Waals surface area (Å²) in [4.78, 5) is 12.7. The lowest BCUT2D eigenvalue weighted by atomic mass is 10.1. The second-order valence-electron chi connectivity index (χ2n) is 6.40. The molecule has 10 nitrogen and oxygen atoms in total. The SMILES string of the molecule is OC[C@H]1O[C@@H](n2cnc3c(NCc4ccc(I)cc4O)ncnc32)[C@@H](O)[C@@H]1O. The average Bonchev–Trinajstić information content (AvgIpc) is 3.23. The molecule has 1 aliphatic rings. The van der Waals surface area contributed by atoms with Gasteiger partial charge in [-0.25, -0.2) is 15.0 Å². The number of anilines is 1. The molecule has 0 amide bonds. The predicted molar refractivity (Wildman–Crippen MR) is 106 cm³/mol. The summed E-state index contributed by atoms with van der Waals surface area (Å²) in [5.41, 5.74) is 1.56. The summed E-state index contributed by atoms with van der Waals surface area (Å²) < 4.78 is 7.97. The molecular weight excluding hydrogens is 481 g/mol. The number of nitrogens with zero attached hydrogens (tertiary/aromatic N) is 4. The van der Waals surface area contributed by atoms with Crippen molar-refractivity contribution in [2.24, 2.45) is 0 Å². The summed E-state index contributed by atoms with van der Waals surface area (Å²) in [6, 6.07) is 5.38. The van der Waals surface area contributed by atoms with Gasteiger partial charge in [0.1, 0.15) is 30.4 Å². The number of benzene rings is 1. The number of phenolic OH excluding ortho intramolecular Hbond substituents is 1. The molecule has 0 aliphatic carbocycles. The van der Waals surface area contributed by atoms with Crippen LogP contribution in [0.1, 0.15) is 11.8 Å². The average molecular weight is 499 g/mol. The number of phenols is 1. The van der Waals surface area contributed by atoms with E-state index in [-0.39, 0.29) is 5.75 Å². The standard InChI is InChI=1S/C17H18IN5O5/c18-9-2-1-8(10(25)3-9)4-19-15-12-16(21-6-20-15)23(7-22-12)17-14(27)13(26)11(5-24)28-17/h1-3,6-7,11,13-14,17,24-27H,4-5H2,(H,19,20,21)/t11-,13-,14+,17-/m1/s1. The summed E-state index contributed by atoms with van der Waals surface area (Å²) in [7, 11) is 0. The smallest absolute Gasteiger partial charge is 0.167 e. The van der Waals surface area contributed by atoms with Crippen LogP contribution in [0.3, 0.4) is 0 Å². The predicted octanol–water partition coefficient (Wildman–Crippen LogP) is 0.360. The Labute approximate surface area is 173 Å². The number of aromatic hydroxyl groups is 1. The number of aromatic nitrogens is 4. The van der Waals surface area contributed by atoms with Gasteiger partial charge in [0.15, 0.2) is 23.2 Å². The maximum absolute atomic E-state index is 10.2. The molecule has 148 valence electrons. The highest BCUT2D eigenvalue weighted by molar-refractivity contribution is 14.1. The summed E-state index contributed by atoms with van der Waals surface area (Å²) in [6.45, 7) is -0.0851. The normalized spacial score (nSPS) is 24.7. The highest BCUT2D eigenvalue weighted by Crippen LogP contribution is 2.32. The van der Waals surface area contributed by atoms with Crippen molar-refractivity contribution in [2.45, 2.75) is 31.1 Å². The van der Waals surface area contributed by atoms with Gasteiger partial charge in [0, 0.05) is 15.7 Å². The lowest BCUT2D eigenvalue weighted by molar-refractivity contribution is -0.0511. The van der Waals surface area contributed by atoms with Crippen LogP contribution in [0.5, 0.6) is 5.75 Å². The summed E-state index contributed by atoms with van der Waals surface area (Å²) in [5.74, 6) is 0.634. The quantitative estimate of drug-likeness (QED) is 0.314. The van der Waals surface area contributed by atoms with E-state index in [1.807, 2.05) is 12.1 Å². The van der Waals surface area contributed by atoms with Crippen molar-refractivity contribution in [3.8, 4) is 5.75 Å². The van der Waals surface area contributed by atoms with Gasteiger partial charge in [-0.05, 0) is 34.7 Å². The molecule has 4 rings (SSSR count). The number of ether oxygens (including phenoxy) is 1. The number of hydrogen-bond donors (Lipinski definition) is 5. The third-order valence-corrected chi connectivity index (χ3v) is 5.31. The third-order valence-electron chi connectivity index (χ3n) is 4.64. The Balaban J connectivity index is 1.60. The minimum Gasteiger partial charge on any atom is -0.508 e. The molecule has 3 aromatic rings. The molecule has 2 aromatic heterocycles. The van der Waals surface area contributed by atoms with Gasteiger partial charge in [0.05, 0.1) is 12.9 Å². The zero-order valence-electron chi connectivity index (χ0n) is 14.5. The number of nitrogens with one attached hydrogen (secondary N) is 1. The molecule has 11 heteroatoms. The van der Waals surface area contributed by atoms with Crippen molar-refractivity contribution in [1.29, 1.82) is 0 Å². The fourth-order valence-corrected chi connectivity index (χ4v) is 3.62. The molecule has 4 atom stereocenters. The van der Waals surface area contributed by atoms with Crippen LogP contribution in [0.2, 0.25) is 0 Å². The van der Waals surface area contributed by atoms with Gasteiger partial charge in [-0.3, -0.25) is 4.57 Å². The number of imidazole rings is 1. The first-order valence-electron chi connectivity index (χ1n) is 8.51. The maximum Gasteiger partial charge on any atom is 0.167 e. The molecule has 1 saturated heterocycles. The molecule has 1 fully saturated rings. The molecule has 0 radical (unpaired) electrons. The summed E-state index contributed by atoms with van der Waals surface area (Å²) >= 11 is 2.12. The van der Waals surface area contributed by atoms with Crippen LogP contribution in [-0.4, -0.2) is 64.9 Å². The van der Waals surface area contributed by atoms with Crippen LogP contribution in [0, 0.1) is 3.57 Å². The first-order valence-corrected chi connectivity index (χ1v) is 9.58. The number of aliphatic hydroxyl groups excluding tert-OH is 3. The molecule has 5 N–H and O–H groups in total. The van der Waals surface area contributed by atoms with E-state index in [1.54, 1.807) is 6.07 Å². The van der Waals surface area contributed by atoms with Crippen molar-refractivity contribution in [1.82, 2.24) is 19.5 Å². The minimum atomic E-state index is -1.23. The van der Waals surface area contributed by atoms with E-state index < -0.39 is 31.1 Å². The lowest BCUT2D eigenvalue weighted by Crippen LogP contribution is -2.33. The number of hydrogen-bond acceptors (Lipinski definition) is 9. The summed E-state index contributed by atoms with van der Waals surface area (Å²) in [5, 5.41) is 42.7. The van der Waals surface area contributed by atoms with Crippen LogP contribution in [0.15, 0.2) is 30.9 Å². The topological polar surface area (TPSA) is 146 Å². The van der Waals surface area contributed by atoms with Crippen LogP contribution >= 0.6 is 22.6 Å². The minimum absolute atomic E-state index is 0.182. The van der Waals surface area contributed by atoms with E-state index in [2.05, 4.69) is 42.9 Å². The van der Waals surface area contributed by atoms with Gasteiger partial charge in [-0.15, -0.1) is 0 Å². The first kappa shape index (κ1) is 19.3. The number of fused-ring (bicyclic) bond motifs is 1. The Morgan fingerprint density at radius 3 is 2.71 bits per heavy atom. The number of rotatable bonds is 5. The first-order chi connectivity index (χ1) is 13.5. The lowest BCUT2D eigenvalue weighted by Gasteiger charge is -2.16. The van der Waals surface area contributed by atoms with E-state index in [0.717, 1.165) is 3.57 Å². The zero-order chi connectivity index (χ0) is 19.8. The van der Waals surface area contributed by atoms with E-state index in [4.69, 9.17) is 4.74 Å².